The molecule has 0 aliphatic carbocycles. The summed E-state index contributed by atoms with van der Waals surface area (Å²) in [7, 11) is 1.71. The van der Waals surface area contributed by atoms with Crippen LogP contribution in [0.2, 0.25) is 0 Å². The van der Waals surface area contributed by atoms with Crippen LogP contribution in [0.3, 0.4) is 0 Å². The lowest BCUT2D eigenvalue weighted by atomic mass is 9.85. The number of ether oxygens (including phenoxy) is 2. The Morgan fingerprint density at radius 1 is 1.00 bits per heavy atom. The molecule has 172 valence electrons. The molecule has 1 heterocycles. The number of halogens is 1. The number of para-hydroxylation sites is 2. The van der Waals surface area contributed by atoms with Crippen LogP contribution in [0.15, 0.2) is 42.5 Å². The molecule has 1 atom stereocenters. The van der Waals surface area contributed by atoms with Crippen LogP contribution >= 0.6 is 12.4 Å². The molecule has 1 saturated heterocycles. The van der Waals surface area contributed by atoms with Crippen LogP contribution in [-0.4, -0.2) is 62.6 Å². The molecule has 1 aliphatic rings. The zero-order valence-electron chi connectivity index (χ0n) is 19.4. The summed E-state index contributed by atoms with van der Waals surface area (Å²) < 4.78 is 11.5. The number of anilines is 1. The van der Waals surface area contributed by atoms with Crippen molar-refractivity contribution in [2.24, 2.45) is 0 Å². The van der Waals surface area contributed by atoms with Crippen molar-refractivity contribution < 1.29 is 14.6 Å². The highest BCUT2D eigenvalue weighted by molar-refractivity contribution is 5.85. The first kappa shape index (κ1) is 25.3. The number of benzene rings is 2. The van der Waals surface area contributed by atoms with Gasteiger partial charge in [-0.2, -0.15) is 0 Å². The fourth-order valence-corrected chi connectivity index (χ4v) is 3.95. The number of aliphatic hydroxyl groups excluding tert-OH is 1. The minimum absolute atomic E-state index is 0. The number of aryl methyl sites for hydroxylation is 1. The molecule has 1 N–H and O–H groups in total. The second-order valence-corrected chi connectivity index (χ2v) is 9.17. The molecule has 0 spiro atoms. The third-order valence-corrected chi connectivity index (χ3v) is 5.64. The number of hydrogen-bond acceptors (Lipinski definition) is 5. The highest BCUT2D eigenvalue weighted by Crippen LogP contribution is 2.32. The molecule has 0 amide bonds. The van der Waals surface area contributed by atoms with Crippen LogP contribution in [0, 0.1) is 6.92 Å². The van der Waals surface area contributed by atoms with Crippen LogP contribution < -0.4 is 14.4 Å². The second kappa shape index (κ2) is 11.1. The summed E-state index contributed by atoms with van der Waals surface area (Å²) in [6.45, 7) is 13.2. The van der Waals surface area contributed by atoms with Crippen LogP contribution in [0.4, 0.5) is 5.69 Å². The lowest BCUT2D eigenvalue weighted by Crippen LogP contribution is -2.49. The van der Waals surface area contributed by atoms with Gasteiger partial charge in [0.05, 0.1) is 12.8 Å². The number of methoxy groups -OCH3 is 1. The van der Waals surface area contributed by atoms with Gasteiger partial charge in [0.25, 0.3) is 0 Å². The molecule has 0 aromatic heterocycles. The van der Waals surface area contributed by atoms with Gasteiger partial charge in [0.15, 0.2) is 0 Å². The Labute approximate surface area is 193 Å². The largest absolute Gasteiger partial charge is 0.495 e. The van der Waals surface area contributed by atoms with Gasteiger partial charge in [-0.25, -0.2) is 0 Å². The topological polar surface area (TPSA) is 45.2 Å². The van der Waals surface area contributed by atoms with Gasteiger partial charge >= 0.3 is 0 Å². The Hall–Kier alpha value is -1.95. The Bertz CT molecular complexity index is 830. The van der Waals surface area contributed by atoms with Crippen molar-refractivity contribution in [3.8, 4) is 11.5 Å². The van der Waals surface area contributed by atoms with Crippen molar-refractivity contribution in [2.45, 2.75) is 39.2 Å². The van der Waals surface area contributed by atoms with Crippen molar-refractivity contribution in [3.05, 3.63) is 53.6 Å². The summed E-state index contributed by atoms with van der Waals surface area (Å²) in [5, 5.41) is 10.6. The molecular weight excluding hydrogens is 412 g/mol. The first-order valence-corrected chi connectivity index (χ1v) is 10.8. The highest BCUT2D eigenvalue weighted by Gasteiger charge is 2.23. The Morgan fingerprint density at radius 3 is 2.32 bits per heavy atom. The quantitative estimate of drug-likeness (QED) is 0.684. The Balaban J connectivity index is 0.00000341. The van der Waals surface area contributed by atoms with E-state index in [-0.39, 0.29) is 17.8 Å². The molecular formula is C25H37ClN2O3. The molecule has 1 fully saturated rings. The first-order chi connectivity index (χ1) is 14.3. The average molecular weight is 449 g/mol. The molecule has 2 aromatic carbocycles. The van der Waals surface area contributed by atoms with E-state index in [2.05, 4.69) is 55.7 Å². The Kier molecular flexibility index (Phi) is 9.04. The number of β-amino-alcohol motifs (C(OH)–C–C–N with tert-alkyl or cyclic N) is 1. The molecule has 31 heavy (non-hydrogen) atoms. The predicted octanol–water partition coefficient (Wildman–Crippen LogP) is 4.28. The highest BCUT2D eigenvalue weighted by atomic mass is 35.5. The van der Waals surface area contributed by atoms with Crippen LogP contribution in [0.5, 0.6) is 11.5 Å². The number of rotatable bonds is 7. The molecule has 0 saturated carbocycles. The van der Waals surface area contributed by atoms with Gasteiger partial charge in [-0.05, 0) is 36.1 Å². The SMILES string of the molecule is COc1ccccc1N1CCN(CC(O)COc2ccc(C)cc2C(C)(C)C)CC1.Cl. The summed E-state index contributed by atoms with van der Waals surface area (Å²) in [5.74, 6) is 1.78. The van der Waals surface area contributed by atoms with E-state index in [0.29, 0.717) is 13.2 Å². The molecule has 1 unspecified atom stereocenters. The third-order valence-electron chi connectivity index (χ3n) is 5.64. The molecule has 2 aromatic rings. The zero-order valence-corrected chi connectivity index (χ0v) is 20.2. The monoisotopic (exact) mass is 448 g/mol. The summed E-state index contributed by atoms with van der Waals surface area (Å²) in [4.78, 5) is 4.65. The van der Waals surface area contributed by atoms with E-state index in [9.17, 15) is 5.11 Å². The summed E-state index contributed by atoms with van der Waals surface area (Å²) in [5.41, 5.74) is 3.54. The van der Waals surface area contributed by atoms with Gasteiger partial charge in [-0.3, -0.25) is 4.90 Å². The number of nitrogens with zero attached hydrogens (tertiary/aromatic N) is 2. The molecule has 6 heteroatoms. The number of hydrogen-bond donors (Lipinski definition) is 1. The summed E-state index contributed by atoms with van der Waals surface area (Å²) in [6.07, 6.45) is -0.517. The van der Waals surface area contributed by atoms with E-state index in [0.717, 1.165) is 43.4 Å². The van der Waals surface area contributed by atoms with Crippen molar-refractivity contribution in [1.29, 1.82) is 0 Å². The maximum atomic E-state index is 10.6. The van der Waals surface area contributed by atoms with Gasteiger partial charge in [0.2, 0.25) is 0 Å². The molecule has 0 radical (unpaired) electrons. The van der Waals surface area contributed by atoms with Crippen molar-refractivity contribution in [3.63, 3.8) is 0 Å². The standard InChI is InChI=1S/C25H36N2O3.ClH/c1-19-10-11-23(21(16-19)25(2,3)4)30-18-20(28)17-26-12-14-27(15-13-26)22-8-6-7-9-24(22)29-5;/h6-11,16,20,28H,12-15,17-18H2,1-5H3;1H. The third kappa shape index (κ3) is 6.76. The minimum Gasteiger partial charge on any atom is -0.495 e. The van der Waals surface area contributed by atoms with Gasteiger partial charge in [0, 0.05) is 32.7 Å². The lowest BCUT2D eigenvalue weighted by molar-refractivity contribution is 0.0656. The van der Waals surface area contributed by atoms with E-state index in [1.54, 1.807) is 7.11 Å². The van der Waals surface area contributed by atoms with E-state index in [4.69, 9.17) is 9.47 Å². The van der Waals surface area contributed by atoms with Crippen LogP contribution in [0.1, 0.15) is 31.9 Å². The summed E-state index contributed by atoms with van der Waals surface area (Å²) in [6, 6.07) is 14.4. The van der Waals surface area contributed by atoms with Gasteiger partial charge in [-0.1, -0.05) is 50.6 Å². The minimum atomic E-state index is -0.517. The molecule has 0 bridgehead atoms. The second-order valence-electron chi connectivity index (χ2n) is 9.17. The molecule has 3 rings (SSSR count). The van der Waals surface area contributed by atoms with Gasteiger partial charge in [0.1, 0.15) is 24.2 Å². The van der Waals surface area contributed by atoms with Crippen LogP contribution in [0.25, 0.3) is 0 Å². The fourth-order valence-electron chi connectivity index (χ4n) is 3.95. The van der Waals surface area contributed by atoms with Gasteiger partial charge in [-0.15, -0.1) is 12.4 Å². The van der Waals surface area contributed by atoms with Crippen molar-refractivity contribution in [1.82, 2.24) is 4.90 Å². The van der Waals surface area contributed by atoms with E-state index in [1.165, 1.54) is 11.1 Å². The summed E-state index contributed by atoms with van der Waals surface area (Å²) >= 11 is 0. The fraction of sp³-hybridized carbons (Fsp3) is 0.520. The Morgan fingerprint density at radius 2 is 1.68 bits per heavy atom. The number of aliphatic hydroxyl groups is 1. The maximum absolute atomic E-state index is 10.6. The van der Waals surface area contributed by atoms with E-state index >= 15 is 0 Å². The maximum Gasteiger partial charge on any atom is 0.142 e. The number of piperazine rings is 1. The van der Waals surface area contributed by atoms with Crippen LogP contribution in [-0.2, 0) is 5.41 Å². The first-order valence-electron chi connectivity index (χ1n) is 10.8. The van der Waals surface area contributed by atoms with E-state index < -0.39 is 6.10 Å². The van der Waals surface area contributed by atoms with E-state index in [1.807, 2.05) is 24.3 Å². The smallest absolute Gasteiger partial charge is 0.142 e. The zero-order chi connectivity index (χ0) is 21.7. The molecule has 1 aliphatic heterocycles. The van der Waals surface area contributed by atoms with Crippen molar-refractivity contribution in [2.75, 3.05) is 51.3 Å². The predicted molar refractivity (Wildman–Crippen MR) is 130 cm³/mol. The van der Waals surface area contributed by atoms with Crippen molar-refractivity contribution >= 4 is 18.1 Å². The lowest BCUT2D eigenvalue weighted by Gasteiger charge is -2.37. The molecule has 5 nitrogen and oxygen atoms in total. The van der Waals surface area contributed by atoms with Gasteiger partial charge < -0.3 is 19.5 Å². The normalized spacial score (nSPS) is 15.9. The average Bonchev–Trinajstić information content (AvgIpc) is 2.72.